The van der Waals surface area contributed by atoms with Crippen molar-refractivity contribution in [2.45, 2.75) is 27.2 Å². The van der Waals surface area contributed by atoms with Crippen LogP contribution in [0.2, 0.25) is 0 Å². The smallest absolute Gasteiger partial charge is 0.316 e. The van der Waals surface area contributed by atoms with E-state index in [-0.39, 0.29) is 23.5 Å². The third-order valence-electron chi connectivity index (χ3n) is 5.06. The molecule has 2 aromatic rings. The summed E-state index contributed by atoms with van der Waals surface area (Å²) in [6.45, 7) is 5.23. The number of ketones is 1. The number of carbonyl (C=O) groups is 2. The van der Waals surface area contributed by atoms with Crippen LogP contribution >= 0.6 is 0 Å². The fourth-order valence-electron chi connectivity index (χ4n) is 3.74. The van der Waals surface area contributed by atoms with E-state index in [2.05, 4.69) is 4.99 Å². The summed E-state index contributed by atoms with van der Waals surface area (Å²) in [6, 6.07) is 13.6. The molecule has 1 aliphatic carbocycles. The van der Waals surface area contributed by atoms with Gasteiger partial charge in [-0.05, 0) is 23.8 Å². The first-order chi connectivity index (χ1) is 12.8. The van der Waals surface area contributed by atoms with Gasteiger partial charge in [0, 0.05) is 11.8 Å². The van der Waals surface area contributed by atoms with Crippen LogP contribution in [0.3, 0.4) is 0 Å². The molecule has 0 aliphatic heterocycles. The van der Waals surface area contributed by atoms with Crippen molar-refractivity contribution < 1.29 is 19.4 Å². The molecule has 3 rings (SSSR count). The number of aliphatic hydroxyl groups excluding tert-OH is 1. The van der Waals surface area contributed by atoms with Crippen LogP contribution in [0, 0.1) is 11.3 Å². The van der Waals surface area contributed by atoms with E-state index < -0.39 is 17.3 Å². The number of benzene rings is 2. The van der Waals surface area contributed by atoms with Crippen molar-refractivity contribution in [1.29, 1.82) is 0 Å². The molecular formula is C22H23NO4. The first-order valence-corrected chi connectivity index (χ1v) is 8.84. The fraction of sp³-hybridized carbons (Fsp3) is 0.318. The zero-order valence-corrected chi connectivity index (χ0v) is 15.9. The van der Waals surface area contributed by atoms with Crippen molar-refractivity contribution in [3.8, 4) is 0 Å². The van der Waals surface area contributed by atoms with Gasteiger partial charge in [-0.3, -0.25) is 14.6 Å². The molecule has 5 nitrogen and oxygen atoms in total. The number of ether oxygens (including phenoxy) is 1. The largest absolute Gasteiger partial charge is 0.511 e. The fourth-order valence-corrected chi connectivity index (χ4v) is 3.74. The predicted octanol–water partition coefficient (Wildman–Crippen LogP) is 4.53. The van der Waals surface area contributed by atoms with Crippen LogP contribution in [0.4, 0.5) is 5.69 Å². The molecule has 27 heavy (non-hydrogen) atoms. The number of fused-ring (bicyclic) bond motifs is 1. The van der Waals surface area contributed by atoms with Gasteiger partial charge in [-0.25, -0.2) is 0 Å². The summed E-state index contributed by atoms with van der Waals surface area (Å²) in [5, 5.41) is 12.8. The Kier molecular flexibility index (Phi) is 4.87. The molecule has 0 amide bonds. The van der Waals surface area contributed by atoms with Gasteiger partial charge >= 0.3 is 5.97 Å². The molecule has 0 radical (unpaired) electrons. The van der Waals surface area contributed by atoms with Crippen LogP contribution < -0.4 is 0 Å². The molecule has 0 fully saturated rings. The van der Waals surface area contributed by atoms with Gasteiger partial charge in [0.2, 0.25) is 0 Å². The zero-order chi connectivity index (χ0) is 19.8. The number of aliphatic imine (C=N–C) groups is 1. The van der Waals surface area contributed by atoms with Crippen molar-refractivity contribution in [3.63, 3.8) is 0 Å². The summed E-state index contributed by atoms with van der Waals surface area (Å²) in [7, 11) is 1.28. The predicted molar refractivity (Wildman–Crippen MR) is 105 cm³/mol. The van der Waals surface area contributed by atoms with Crippen molar-refractivity contribution in [1.82, 2.24) is 0 Å². The highest BCUT2D eigenvalue weighted by Gasteiger charge is 2.47. The summed E-state index contributed by atoms with van der Waals surface area (Å²) >= 11 is 0. The highest BCUT2D eigenvalue weighted by molar-refractivity contribution is 6.24. The molecule has 1 aliphatic rings. The normalized spacial score (nSPS) is 20.1. The first kappa shape index (κ1) is 18.8. The van der Waals surface area contributed by atoms with Gasteiger partial charge in [-0.1, -0.05) is 50.2 Å². The molecule has 0 heterocycles. The lowest BCUT2D eigenvalue weighted by atomic mass is 9.68. The quantitative estimate of drug-likeness (QED) is 0.640. The molecular weight excluding hydrogens is 342 g/mol. The Morgan fingerprint density at radius 2 is 1.85 bits per heavy atom. The van der Waals surface area contributed by atoms with Crippen molar-refractivity contribution in [2.24, 2.45) is 16.3 Å². The Labute approximate surface area is 158 Å². The number of Topliss-reactive ketones (excluding diaryl/α,β-unsaturated/α-hetero) is 1. The SMILES string of the molecule is COC(=O)[C@@H]1C(O)=C(C(C)=Nc2cccc3ccccc23)C(=O)CC1(C)C. The number of carbonyl (C=O) groups excluding carboxylic acids is 2. The molecule has 1 atom stereocenters. The second-order valence-corrected chi connectivity index (χ2v) is 7.50. The molecule has 0 unspecified atom stereocenters. The van der Waals surface area contributed by atoms with Crippen molar-refractivity contribution in [2.75, 3.05) is 7.11 Å². The number of esters is 1. The summed E-state index contributed by atoms with van der Waals surface area (Å²) < 4.78 is 4.85. The van der Waals surface area contributed by atoms with Gasteiger partial charge in [0.05, 0.1) is 24.1 Å². The monoisotopic (exact) mass is 365 g/mol. The molecule has 0 saturated heterocycles. The van der Waals surface area contributed by atoms with Gasteiger partial charge in [-0.15, -0.1) is 0 Å². The Hall–Kier alpha value is -2.95. The van der Waals surface area contributed by atoms with E-state index in [0.717, 1.165) is 10.8 Å². The topological polar surface area (TPSA) is 76.0 Å². The number of rotatable bonds is 3. The van der Waals surface area contributed by atoms with Crippen LogP contribution in [0.15, 0.2) is 58.8 Å². The van der Waals surface area contributed by atoms with Crippen LogP contribution in [-0.4, -0.2) is 29.7 Å². The van der Waals surface area contributed by atoms with Gasteiger partial charge in [-0.2, -0.15) is 0 Å². The molecule has 5 heteroatoms. The van der Waals surface area contributed by atoms with Crippen LogP contribution in [0.5, 0.6) is 0 Å². The van der Waals surface area contributed by atoms with Gasteiger partial charge in [0.15, 0.2) is 5.78 Å². The zero-order valence-electron chi connectivity index (χ0n) is 15.9. The lowest BCUT2D eigenvalue weighted by Crippen LogP contribution is -2.41. The number of aliphatic hydroxyl groups is 1. The standard InChI is InChI=1S/C22H23NO4/c1-13(23-16-11-7-9-14-8-5-6-10-15(14)16)18-17(24)12-22(2,3)19(20(18)25)21(26)27-4/h5-11,19,25H,12H2,1-4H3/t19-/m0/s1. The number of hydrogen-bond donors (Lipinski definition) is 1. The van der Waals surface area contributed by atoms with Gasteiger partial charge in [0.25, 0.3) is 0 Å². The third-order valence-corrected chi connectivity index (χ3v) is 5.06. The molecule has 1 N–H and O–H groups in total. The minimum absolute atomic E-state index is 0.109. The maximum Gasteiger partial charge on any atom is 0.316 e. The number of nitrogens with zero attached hydrogens (tertiary/aromatic N) is 1. The van der Waals surface area contributed by atoms with E-state index in [0.29, 0.717) is 11.4 Å². The van der Waals surface area contributed by atoms with Gasteiger partial charge < -0.3 is 9.84 Å². The third kappa shape index (κ3) is 3.37. The Bertz CT molecular complexity index is 979. The second-order valence-electron chi connectivity index (χ2n) is 7.50. The molecule has 2 aromatic carbocycles. The van der Waals surface area contributed by atoms with Crippen molar-refractivity contribution >= 4 is 33.9 Å². The lowest BCUT2D eigenvalue weighted by Gasteiger charge is -2.36. The molecule has 0 aromatic heterocycles. The highest BCUT2D eigenvalue weighted by atomic mass is 16.5. The maximum absolute atomic E-state index is 12.7. The minimum atomic E-state index is -0.895. The summed E-state index contributed by atoms with van der Waals surface area (Å²) in [4.78, 5) is 29.6. The summed E-state index contributed by atoms with van der Waals surface area (Å²) in [5.74, 6) is -1.93. The van der Waals surface area contributed by atoms with E-state index in [1.165, 1.54) is 7.11 Å². The summed E-state index contributed by atoms with van der Waals surface area (Å²) in [5.41, 5.74) is 0.478. The lowest BCUT2D eigenvalue weighted by molar-refractivity contribution is -0.150. The van der Waals surface area contributed by atoms with E-state index in [1.54, 1.807) is 20.8 Å². The van der Waals surface area contributed by atoms with E-state index in [4.69, 9.17) is 4.74 Å². The van der Waals surface area contributed by atoms with Crippen molar-refractivity contribution in [3.05, 3.63) is 53.8 Å². The van der Waals surface area contributed by atoms with Crippen LogP contribution in [0.25, 0.3) is 10.8 Å². The Balaban J connectivity index is 2.14. The minimum Gasteiger partial charge on any atom is -0.511 e. The number of allylic oxidation sites excluding steroid dienone is 1. The van der Waals surface area contributed by atoms with E-state index in [9.17, 15) is 14.7 Å². The Morgan fingerprint density at radius 3 is 2.56 bits per heavy atom. The number of hydrogen-bond acceptors (Lipinski definition) is 5. The van der Waals surface area contributed by atoms with Crippen LogP contribution in [-0.2, 0) is 14.3 Å². The Morgan fingerprint density at radius 1 is 1.19 bits per heavy atom. The number of methoxy groups -OCH3 is 1. The van der Waals surface area contributed by atoms with Gasteiger partial charge in [0.1, 0.15) is 11.7 Å². The van der Waals surface area contributed by atoms with E-state index in [1.807, 2.05) is 42.5 Å². The molecule has 0 spiro atoms. The second kappa shape index (κ2) is 6.99. The average Bonchev–Trinajstić information content (AvgIpc) is 2.60. The molecule has 140 valence electrons. The van der Waals surface area contributed by atoms with Crippen LogP contribution in [0.1, 0.15) is 27.2 Å². The maximum atomic E-state index is 12.7. The first-order valence-electron chi connectivity index (χ1n) is 8.84. The molecule has 0 saturated carbocycles. The molecule has 0 bridgehead atoms. The van der Waals surface area contributed by atoms with E-state index >= 15 is 0 Å². The summed E-state index contributed by atoms with van der Waals surface area (Å²) in [6.07, 6.45) is 0.133. The highest BCUT2D eigenvalue weighted by Crippen LogP contribution is 2.42. The average molecular weight is 365 g/mol.